The predicted octanol–water partition coefficient (Wildman–Crippen LogP) is 2.45. The lowest BCUT2D eigenvalue weighted by atomic mass is 9.97. The molecule has 0 saturated carbocycles. The van der Waals surface area contributed by atoms with E-state index >= 15 is 0 Å². The molecule has 3 aromatic rings. The van der Waals surface area contributed by atoms with E-state index < -0.39 is 5.82 Å². The second-order valence-electron chi connectivity index (χ2n) is 8.14. The topological polar surface area (TPSA) is 77.2 Å². The monoisotopic (exact) mass is 408 g/mol. The maximum atomic E-state index is 13.0. The Morgan fingerprint density at radius 2 is 1.90 bits per heavy atom. The molecule has 1 aromatic carbocycles. The number of piperazine rings is 1. The van der Waals surface area contributed by atoms with Gasteiger partial charge in [-0.25, -0.2) is 14.4 Å². The number of benzene rings is 1. The van der Waals surface area contributed by atoms with E-state index in [-0.39, 0.29) is 5.56 Å². The molecule has 5 rings (SSSR count). The van der Waals surface area contributed by atoms with Gasteiger partial charge in [0.15, 0.2) is 5.82 Å². The van der Waals surface area contributed by atoms with Crippen LogP contribution in [0.2, 0.25) is 0 Å². The van der Waals surface area contributed by atoms with Crippen LogP contribution in [-0.2, 0) is 13.0 Å². The molecular weight excluding hydrogens is 383 g/mol. The smallest absolute Gasteiger partial charge is 0.253 e. The number of halogens is 1. The van der Waals surface area contributed by atoms with Gasteiger partial charge in [0.2, 0.25) is 5.95 Å². The zero-order valence-corrected chi connectivity index (χ0v) is 17.0. The number of hydrogen-bond donors (Lipinski definition) is 2. The molecular formula is C22H25FN6O. The van der Waals surface area contributed by atoms with Crippen molar-refractivity contribution in [2.45, 2.75) is 26.3 Å². The Kier molecular flexibility index (Phi) is 4.86. The van der Waals surface area contributed by atoms with Crippen LogP contribution < -0.4 is 15.8 Å². The van der Waals surface area contributed by atoms with Crippen molar-refractivity contribution in [2.24, 2.45) is 0 Å². The first-order chi connectivity index (χ1) is 14.6. The van der Waals surface area contributed by atoms with Crippen molar-refractivity contribution in [2.75, 3.05) is 42.9 Å². The molecule has 2 aliphatic rings. The largest absolute Gasteiger partial charge is 0.384 e. The van der Waals surface area contributed by atoms with Crippen molar-refractivity contribution in [3.05, 3.63) is 57.4 Å². The van der Waals surface area contributed by atoms with Gasteiger partial charge in [-0.15, -0.1) is 0 Å². The van der Waals surface area contributed by atoms with E-state index in [4.69, 9.17) is 0 Å². The summed E-state index contributed by atoms with van der Waals surface area (Å²) in [6, 6.07) is 4.34. The van der Waals surface area contributed by atoms with Crippen LogP contribution in [0, 0.1) is 12.7 Å². The Labute approximate surface area is 173 Å². The summed E-state index contributed by atoms with van der Waals surface area (Å²) in [5.74, 6) is 0.158. The molecule has 1 saturated heterocycles. The Bertz CT molecular complexity index is 1140. The first-order valence-corrected chi connectivity index (χ1v) is 10.5. The molecule has 0 spiro atoms. The zero-order valence-electron chi connectivity index (χ0n) is 17.0. The maximum absolute atomic E-state index is 13.0. The van der Waals surface area contributed by atoms with Crippen molar-refractivity contribution in [3.63, 3.8) is 0 Å². The van der Waals surface area contributed by atoms with Crippen LogP contribution in [-0.4, -0.2) is 52.6 Å². The minimum atomic E-state index is -0.418. The highest BCUT2D eigenvalue weighted by Crippen LogP contribution is 2.31. The van der Waals surface area contributed by atoms with Gasteiger partial charge in [-0.3, -0.25) is 9.69 Å². The molecule has 0 atom stereocenters. The second-order valence-corrected chi connectivity index (χ2v) is 8.14. The van der Waals surface area contributed by atoms with E-state index in [1.54, 1.807) is 0 Å². The molecule has 8 heteroatoms. The summed E-state index contributed by atoms with van der Waals surface area (Å²) in [6.45, 7) is 7.19. The summed E-state index contributed by atoms with van der Waals surface area (Å²) in [7, 11) is 0. The molecule has 0 bridgehead atoms. The lowest BCUT2D eigenvalue weighted by molar-refractivity contribution is 0.248. The highest BCUT2D eigenvalue weighted by molar-refractivity contribution is 5.96. The standard InChI is InChI=1S/C22H25FN6O/c1-14-9-15(10-18-19(14)20-17(21(30)27-18)3-2-4-24-20)13-28-5-7-29(8-6-28)22-25-11-16(23)12-26-22/h9-12,24H,2-8,13H2,1H3,(H,27,30). The maximum Gasteiger partial charge on any atom is 0.253 e. The van der Waals surface area contributed by atoms with Crippen LogP contribution in [0.15, 0.2) is 29.3 Å². The molecule has 2 aromatic heterocycles. The van der Waals surface area contributed by atoms with E-state index in [1.165, 1.54) is 23.5 Å². The lowest BCUT2D eigenvalue weighted by Gasteiger charge is -2.34. The molecule has 2 N–H and O–H groups in total. The number of hydrogen-bond acceptors (Lipinski definition) is 6. The Balaban J connectivity index is 1.34. The number of pyridine rings is 1. The Morgan fingerprint density at radius 3 is 2.67 bits per heavy atom. The molecule has 30 heavy (non-hydrogen) atoms. The number of fused-ring (bicyclic) bond motifs is 3. The lowest BCUT2D eigenvalue weighted by Crippen LogP contribution is -2.46. The summed E-state index contributed by atoms with van der Waals surface area (Å²) < 4.78 is 13.0. The van der Waals surface area contributed by atoms with E-state index in [2.05, 4.69) is 49.1 Å². The molecule has 0 unspecified atom stereocenters. The fourth-order valence-electron chi connectivity index (χ4n) is 4.59. The van der Waals surface area contributed by atoms with Crippen molar-refractivity contribution < 1.29 is 4.39 Å². The van der Waals surface area contributed by atoms with Crippen LogP contribution in [0.5, 0.6) is 0 Å². The molecule has 4 heterocycles. The summed E-state index contributed by atoms with van der Waals surface area (Å²) in [5.41, 5.74) is 5.19. The van der Waals surface area contributed by atoms with Crippen LogP contribution >= 0.6 is 0 Å². The van der Waals surface area contributed by atoms with Gasteiger partial charge in [0.1, 0.15) is 0 Å². The Morgan fingerprint density at radius 1 is 1.13 bits per heavy atom. The number of rotatable bonds is 3. The number of aromatic amines is 1. The average molecular weight is 408 g/mol. The fourth-order valence-corrected chi connectivity index (χ4v) is 4.59. The van der Waals surface area contributed by atoms with Crippen molar-refractivity contribution in [3.8, 4) is 0 Å². The molecule has 2 aliphatic heterocycles. The molecule has 0 radical (unpaired) electrons. The van der Waals surface area contributed by atoms with E-state index in [9.17, 15) is 9.18 Å². The van der Waals surface area contributed by atoms with Gasteiger partial charge in [0, 0.05) is 50.2 Å². The Hall–Kier alpha value is -3.00. The third-order valence-electron chi connectivity index (χ3n) is 6.04. The summed E-state index contributed by atoms with van der Waals surface area (Å²) in [4.78, 5) is 28.3. The first-order valence-electron chi connectivity index (χ1n) is 10.5. The minimum absolute atomic E-state index is 0.0224. The molecule has 7 nitrogen and oxygen atoms in total. The third-order valence-corrected chi connectivity index (χ3v) is 6.04. The van der Waals surface area contributed by atoms with Gasteiger partial charge in [-0.2, -0.15) is 0 Å². The molecule has 0 amide bonds. The van der Waals surface area contributed by atoms with E-state index in [0.717, 1.165) is 74.3 Å². The van der Waals surface area contributed by atoms with Crippen LogP contribution in [0.1, 0.15) is 23.1 Å². The van der Waals surface area contributed by atoms with E-state index in [1.807, 2.05) is 0 Å². The molecule has 0 aliphatic carbocycles. The summed E-state index contributed by atoms with van der Waals surface area (Å²) in [6.07, 6.45) is 4.24. The SMILES string of the molecule is Cc1cc(CN2CCN(c3ncc(F)cn3)CC2)cc2[nH]c(=O)c3c(c12)NCCC3. The zero-order chi connectivity index (χ0) is 20.7. The second kappa shape index (κ2) is 7.68. The van der Waals surface area contributed by atoms with Gasteiger partial charge >= 0.3 is 0 Å². The van der Waals surface area contributed by atoms with Crippen LogP contribution in [0.3, 0.4) is 0 Å². The third kappa shape index (κ3) is 3.52. The number of aryl methyl sites for hydroxylation is 1. The number of H-pyrrole nitrogens is 1. The number of anilines is 2. The first kappa shape index (κ1) is 19.0. The van der Waals surface area contributed by atoms with Gasteiger partial charge in [-0.1, -0.05) is 6.07 Å². The minimum Gasteiger partial charge on any atom is -0.384 e. The van der Waals surface area contributed by atoms with Crippen molar-refractivity contribution >= 4 is 22.5 Å². The number of nitrogens with zero attached hydrogens (tertiary/aromatic N) is 4. The highest BCUT2D eigenvalue weighted by atomic mass is 19.1. The van der Waals surface area contributed by atoms with Crippen LogP contribution in [0.4, 0.5) is 16.0 Å². The van der Waals surface area contributed by atoms with Gasteiger partial charge in [0.25, 0.3) is 5.56 Å². The average Bonchev–Trinajstić information content (AvgIpc) is 2.75. The van der Waals surface area contributed by atoms with E-state index in [0.29, 0.717) is 5.95 Å². The quantitative estimate of drug-likeness (QED) is 0.693. The van der Waals surface area contributed by atoms with Crippen molar-refractivity contribution in [1.29, 1.82) is 0 Å². The number of nitrogens with one attached hydrogen (secondary N) is 2. The van der Waals surface area contributed by atoms with Gasteiger partial charge < -0.3 is 15.2 Å². The predicted molar refractivity (Wildman–Crippen MR) is 116 cm³/mol. The summed E-state index contributed by atoms with van der Waals surface area (Å²) in [5, 5.41) is 4.57. The molecule has 1 fully saturated rings. The normalized spacial score (nSPS) is 17.1. The fraction of sp³-hybridized carbons (Fsp3) is 0.409. The highest BCUT2D eigenvalue weighted by Gasteiger charge is 2.21. The van der Waals surface area contributed by atoms with Gasteiger partial charge in [-0.05, 0) is 37.0 Å². The molecule has 156 valence electrons. The van der Waals surface area contributed by atoms with Crippen molar-refractivity contribution in [1.82, 2.24) is 19.9 Å². The summed E-state index contributed by atoms with van der Waals surface area (Å²) >= 11 is 0. The number of aromatic nitrogens is 3. The van der Waals surface area contributed by atoms with Crippen LogP contribution in [0.25, 0.3) is 10.9 Å². The van der Waals surface area contributed by atoms with Gasteiger partial charge in [0.05, 0.1) is 23.6 Å².